The second-order valence-corrected chi connectivity index (χ2v) is 5.79. The minimum Gasteiger partial charge on any atom is -0.309 e. The molecule has 1 atom stereocenters. The van der Waals surface area contributed by atoms with Gasteiger partial charge in [-0.1, -0.05) is 18.9 Å². The molecule has 2 rings (SSSR count). The molecule has 1 saturated heterocycles. The van der Waals surface area contributed by atoms with Crippen molar-refractivity contribution < 1.29 is 0 Å². The number of hydrogen-bond donors (Lipinski definition) is 0. The minimum atomic E-state index is 0.609. The fraction of sp³-hybridized carbons (Fsp3) is 0.769. The van der Waals surface area contributed by atoms with E-state index in [-0.39, 0.29) is 0 Å². The maximum Gasteiger partial charge on any atom is 0.0854 e. The lowest BCUT2D eigenvalue weighted by atomic mass is 10.1. The zero-order valence-corrected chi connectivity index (χ0v) is 12.5. The van der Waals surface area contributed by atoms with Crippen molar-refractivity contribution in [3.8, 4) is 0 Å². The lowest BCUT2D eigenvalue weighted by Crippen LogP contribution is -2.43. The van der Waals surface area contributed by atoms with Crippen LogP contribution in [-0.2, 0) is 6.54 Å². The number of aromatic nitrogens is 2. The standard InChI is InChI=1S/C13H24N4S/c1-4-7-16-11-13(9-14-16)17(18-3)12-6-5-8-15(2)10-12/h9,11-12H,4-8,10H2,1-3H3. The number of nitrogens with zero attached hydrogens (tertiary/aromatic N) is 4. The molecule has 0 bridgehead atoms. The Balaban J connectivity index is 2.06. The summed E-state index contributed by atoms with van der Waals surface area (Å²) in [6, 6.07) is 0.609. The van der Waals surface area contributed by atoms with E-state index < -0.39 is 0 Å². The molecule has 1 unspecified atom stereocenters. The predicted molar refractivity (Wildman–Crippen MR) is 79.0 cm³/mol. The quantitative estimate of drug-likeness (QED) is 0.766. The molecule has 0 aromatic carbocycles. The number of likely N-dealkylation sites (N-methyl/N-ethyl adjacent to an activating group) is 1. The molecule has 18 heavy (non-hydrogen) atoms. The fourth-order valence-electron chi connectivity index (χ4n) is 2.61. The summed E-state index contributed by atoms with van der Waals surface area (Å²) in [5.41, 5.74) is 1.25. The molecule has 4 nitrogen and oxygen atoms in total. The monoisotopic (exact) mass is 268 g/mol. The molecule has 102 valence electrons. The molecule has 0 amide bonds. The molecular formula is C13H24N4S. The summed E-state index contributed by atoms with van der Waals surface area (Å²) < 4.78 is 4.47. The van der Waals surface area contributed by atoms with Crippen LogP contribution in [0.1, 0.15) is 26.2 Å². The first kappa shape index (κ1) is 13.7. The summed E-state index contributed by atoms with van der Waals surface area (Å²) in [7, 11) is 2.21. The summed E-state index contributed by atoms with van der Waals surface area (Å²) in [6.07, 6.45) is 10.0. The highest BCUT2D eigenvalue weighted by Gasteiger charge is 2.24. The van der Waals surface area contributed by atoms with Gasteiger partial charge in [0.1, 0.15) is 0 Å². The lowest BCUT2D eigenvalue weighted by Gasteiger charge is -2.37. The highest BCUT2D eigenvalue weighted by Crippen LogP contribution is 2.27. The third-order valence-electron chi connectivity index (χ3n) is 3.45. The van der Waals surface area contributed by atoms with Gasteiger partial charge in [-0.05, 0) is 32.9 Å². The van der Waals surface area contributed by atoms with E-state index >= 15 is 0 Å². The van der Waals surface area contributed by atoms with Gasteiger partial charge in [-0.3, -0.25) is 4.68 Å². The van der Waals surface area contributed by atoms with E-state index in [1.807, 2.05) is 22.8 Å². The fourth-order valence-corrected chi connectivity index (χ4v) is 3.39. The predicted octanol–water partition coefficient (Wildman–Crippen LogP) is 2.47. The van der Waals surface area contributed by atoms with Crippen molar-refractivity contribution in [3.05, 3.63) is 12.4 Å². The van der Waals surface area contributed by atoms with Crippen molar-refractivity contribution in [1.29, 1.82) is 0 Å². The van der Waals surface area contributed by atoms with E-state index in [1.165, 1.54) is 25.1 Å². The van der Waals surface area contributed by atoms with Crippen LogP contribution < -0.4 is 4.31 Å². The maximum absolute atomic E-state index is 4.44. The van der Waals surface area contributed by atoms with Crippen molar-refractivity contribution >= 4 is 17.6 Å². The van der Waals surface area contributed by atoms with Crippen LogP contribution in [0.5, 0.6) is 0 Å². The molecule has 0 aliphatic carbocycles. The molecule has 2 heterocycles. The Morgan fingerprint density at radius 1 is 1.56 bits per heavy atom. The van der Waals surface area contributed by atoms with Crippen molar-refractivity contribution in [3.63, 3.8) is 0 Å². The molecular weight excluding hydrogens is 244 g/mol. The molecule has 0 saturated carbocycles. The molecule has 0 spiro atoms. The van der Waals surface area contributed by atoms with Gasteiger partial charge in [-0.2, -0.15) is 5.10 Å². The second kappa shape index (κ2) is 6.48. The normalized spacial score (nSPS) is 21.2. The molecule has 1 aromatic heterocycles. The largest absolute Gasteiger partial charge is 0.309 e. The molecule has 0 radical (unpaired) electrons. The van der Waals surface area contributed by atoms with E-state index in [1.54, 1.807) is 0 Å². The number of hydrogen-bond acceptors (Lipinski definition) is 4. The average Bonchev–Trinajstić information content (AvgIpc) is 2.79. The Hall–Kier alpha value is -0.680. The van der Waals surface area contributed by atoms with Crippen LogP contribution in [0.25, 0.3) is 0 Å². The number of aryl methyl sites for hydroxylation is 1. The van der Waals surface area contributed by atoms with Gasteiger partial charge >= 0.3 is 0 Å². The zero-order chi connectivity index (χ0) is 13.0. The topological polar surface area (TPSA) is 24.3 Å². The van der Waals surface area contributed by atoms with Gasteiger partial charge in [0.25, 0.3) is 0 Å². The first-order valence-electron chi connectivity index (χ1n) is 6.79. The van der Waals surface area contributed by atoms with Gasteiger partial charge < -0.3 is 9.21 Å². The van der Waals surface area contributed by atoms with Crippen molar-refractivity contribution in [2.75, 3.05) is 30.7 Å². The highest BCUT2D eigenvalue weighted by atomic mass is 32.2. The van der Waals surface area contributed by atoms with Crippen molar-refractivity contribution in [2.45, 2.75) is 38.8 Å². The Kier molecular flexibility index (Phi) is 4.95. The molecule has 1 aromatic rings. The third kappa shape index (κ3) is 3.20. The van der Waals surface area contributed by atoms with Crippen molar-refractivity contribution in [1.82, 2.24) is 14.7 Å². The maximum atomic E-state index is 4.44. The first-order valence-corrected chi connectivity index (χ1v) is 7.97. The zero-order valence-electron chi connectivity index (χ0n) is 11.7. The van der Waals surface area contributed by atoms with Crippen LogP contribution in [0.2, 0.25) is 0 Å². The Morgan fingerprint density at radius 2 is 2.39 bits per heavy atom. The summed E-state index contributed by atoms with van der Waals surface area (Å²) >= 11 is 1.82. The van der Waals surface area contributed by atoms with Crippen LogP contribution in [0.3, 0.4) is 0 Å². The highest BCUT2D eigenvalue weighted by molar-refractivity contribution is 8.00. The third-order valence-corrected chi connectivity index (χ3v) is 4.36. The van der Waals surface area contributed by atoms with Crippen LogP contribution >= 0.6 is 11.9 Å². The van der Waals surface area contributed by atoms with E-state index in [0.717, 1.165) is 19.5 Å². The molecule has 5 heteroatoms. The van der Waals surface area contributed by atoms with Gasteiger partial charge in [0, 0.05) is 25.5 Å². The SMILES string of the molecule is CCCn1cc(N(SC)C2CCCN(C)C2)cn1. The average molecular weight is 268 g/mol. The van der Waals surface area contributed by atoms with Crippen LogP contribution in [0.4, 0.5) is 5.69 Å². The minimum absolute atomic E-state index is 0.609. The Bertz CT molecular complexity index is 366. The molecule has 1 aliphatic heterocycles. The van der Waals surface area contributed by atoms with Gasteiger partial charge in [0.15, 0.2) is 0 Å². The molecule has 1 aliphatic rings. The summed E-state index contributed by atoms with van der Waals surface area (Å²) in [4.78, 5) is 2.42. The van der Waals surface area contributed by atoms with Gasteiger partial charge in [-0.25, -0.2) is 0 Å². The van der Waals surface area contributed by atoms with Gasteiger partial charge in [0.05, 0.1) is 17.9 Å². The van der Waals surface area contributed by atoms with Gasteiger partial charge in [0.2, 0.25) is 0 Å². The van der Waals surface area contributed by atoms with Gasteiger partial charge in [-0.15, -0.1) is 0 Å². The number of piperidine rings is 1. The second-order valence-electron chi connectivity index (χ2n) is 5.03. The number of rotatable bonds is 5. The van der Waals surface area contributed by atoms with E-state index in [4.69, 9.17) is 0 Å². The molecule has 1 fully saturated rings. The first-order chi connectivity index (χ1) is 8.74. The van der Waals surface area contributed by atoms with Crippen LogP contribution in [-0.4, -0.2) is 47.1 Å². The summed E-state index contributed by atoms with van der Waals surface area (Å²) in [6.45, 7) is 5.57. The lowest BCUT2D eigenvalue weighted by molar-refractivity contribution is 0.254. The summed E-state index contributed by atoms with van der Waals surface area (Å²) in [5, 5.41) is 4.44. The Labute approximate surface area is 114 Å². The van der Waals surface area contributed by atoms with E-state index in [9.17, 15) is 0 Å². The Morgan fingerprint density at radius 3 is 3.06 bits per heavy atom. The van der Waals surface area contributed by atoms with Crippen molar-refractivity contribution in [2.24, 2.45) is 0 Å². The summed E-state index contributed by atoms with van der Waals surface area (Å²) in [5.74, 6) is 0. The van der Waals surface area contributed by atoms with E-state index in [0.29, 0.717) is 6.04 Å². The van der Waals surface area contributed by atoms with E-state index in [2.05, 4.69) is 40.7 Å². The number of likely N-dealkylation sites (tertiary alicyclic amines) is 1. The molecule has 0 N–H and O–H groups in total. The van der Waals surface area contributed by atoms with Crippen LogP contribution in [0.15, 0.2) is 12.4 Å². The van der Waals surface area contributed by atoms with Crippen LogP contribution in [0, 0.1) is 0 Å². The number of anilines is 1. The smallest absolute Gasteiger partial charge is 0.0854 e.